The first-order valence-electron chi connectivity index (χ1n) is 11.7. The van der Waals surface area contributed by atoms with Crippen LogP contribution < -0.4 is 9.47 Å². The van der Waals surface area contributed by atoms with Crippen molar-refractivity contribution < 1.29 is 33.0 Å². The van der Waals surface area contributed by atoms with E-state index in [0.29, 0.717) is 17.7 Å². The molecule has 194 valence electrons. The molecule has 7 heteroatoms. The highest BCUT2D eigenvalue weighted by Gasteiger charge is 2.09. The molecule has 0 aliphatic heterocycles. The van der Waals surface area contributed by atoms with E-state index in [1.165, 1.54) is 25.1 Å². The van der Waals surface area contributed by atoms with Gasteiger partial charge in [0.1, 0.15) is 17.3 Å². The first-order chi connectivity index (χ1) is 18.1. The van der Waals surface area contributed by atoms with Crippen molar-refractivity contribution in [2.75, 3.05) is 6.61 Å². The summed E-state index contributed by atoms with van der Waals surface area (Å²) in [6.07, 6.45) is 2.98. The van der Waals surface area contributed by atoms with Crippen molar-refractivity contribution in [3.8, 4) is 22.6 Å². The quantitative estimate of drug-likeness (QED) is 0.181. The Hall–Kier alpha value is -4.78. The van der Waals surface area contributed by atoms with E-state index in [0.717, 1.165) is 28.8 Å². The van der Waals surface area contributed by atoms with Gasteiger partial charge in [0.25, 0.3) is 0 Å². The highest BCUT2D eigenvalue weighted by Crippen LogP contribution is 2.24. The summed E-state index contributed by atoms with van der Waals surface area (Å²) in [6.45, 7) is 10.4. The van der Waals surface area contributed by atoms with Crippen LogP contribution in [0.4, 0.5) is 4.39 Å². The lowest BCUT2D eigenvalue weighted by Crippen LogP contribution is -2.08. The minimum absolute atomic E-state index is 0.0362. The average molecular weight is 515 g/mol. The highest BCUT2D eigenvalue weighted by molar-refractivity contribution is 5.90. The van der Waals surface area contributed by atoms with E-state index in [1.807, 2.05) is 36.4 Å². The van der Waals surface area contributed by atoms with Crippen molar-refractivity contribution in [1.29, 1.82) is 0 Å². The van der Waals surface area contributed by atoms with Crippen molar-refractivity contribution in [2.45, 2.75) is 20.3 Å². The molecule has 3 aromatic carbocycles. The normalized spacial score (nSPS) is 10.6. The van der Waals surface area contributed by atoms with E-state index in [1.54, 1.807) is 19.1 Å². The van der Waals surface area contributed by atoms with E-state index in [9.17, 15) is 18.8 Å². The van der Waals surface area contributed by atoms with Crippen molar-refractivity contribution in [3.63, 3.8) is 0 Å². The first kappa shape index (κ1) is 27.8. The molecule has 3 rings (SSSR count). The van der Waals surface area contributed by atoms with Gasteiger partial charge in [-0.05, 0) is 60.9 Å². The number of halogens is 1. The number of carbonyl (C=O) groups is 3. The third kappa shape index (κ3) is 8.13. The zero-order valence-corrected chi connectivity index (χ0v) is 21.2. The lowest BCUT2D eigenvalue weighted by Gasteiger charge is -2.07. The maximum atomic E-state index is 14.3. The second-order valence-electron chi connectivity index (χ2n) is 8.50. The van der Waals surface area contributed by atoms with Gasteiger partial charge in [0.05, 0.1) is 6.61 Å². The summed E-state index contributed by atoms with van der Waals surface area (Å²) in [6, 6.07) is 18.6. The molecule has 0 aromatic heterocycles. The van der Waals surface area contributed by atoms with Crippen LogP contribution in [0.2, 0.25) is 0 Å². The van der Waals surface area contributed by atoms with Gasteiger partial charge in [-0.15, -0.1) is 0 Å². The topological polar surface area (TPSA) is 78.9 Å². The third-order valence-corrected chi connectivity index (χ3v) is 5.26. The fraction of sp³-hybridized carbons (Fsp3) is 0.129. The summed E-state index contributed by atoms with van der Waals surface area (Å²) in [5.41, 5.74) is 3.62. The Kier molecular flexibility index (Phi) is 9.48. The Morgan fingerprint density at radius 2 is 1.37 bits per heavy atom. The van der Waals surface area contributed by atoms with Crippen LogP contribution in [-0.4, -0.2) is 24.5 Å². The molecule has 3 aromatic rings. The summed E-state index contributed by atoms with van der Waals surface area (Å²) in [4.78, 5) is 35.2. The molecular formula is C31H27FO6. The van der Waals surface area contributed by atoms with Gasteiger partial charge in [-0.25, -0.2) is 18.8 Å². The third-order valence-electron chi connectivity index (χ3n) is 5.26. The molecule has 38 heavy (non-hydrogen) atoms. The fourth-order valence-electron chi connectivity index (χ4n) is 3.17. The van der Waals surface area contributed by atoms with E-state index in [4.69, 9.17) is 14.2 Å². The van der Waals surface area contributed by atoms with Gasteiger partial charge >= 0.3 is 17.9 Å². The van der Waals surface area contributed by atoms with Crippen LogP contribution in [0.25, 0.3) is 17.2 Å². The zero-order valence-electron chi connectivity index (χ0n) is 21.2. The maximum absolute atomic E-state index is 14.3. The summed E-state index contributed by atoms with van der Waals surface area (Å²) < 4.78 is 29.7. The average Bonchev–Trinajstić information content (AvgIpc) is 2.89. The van der Waals surface area contributed by atoms with Gasteiger partial charge in [-0.3, -0.25) is 0 Å². The highest BCUT2D eigenvalue weighted by atomic mass is 19.1. The summed E-state index contributed by atoms with van der Waals surface area (Å²) in [5.74, 6) is -2.02. The van der Waals surface area contributed by atoms with E-state index < -0.39 is 23.7 Å². The molecular weight excluding hydrogens is 487 g/mol. The van der Waals surface area contributed by atoms with Crippen LogP contribution in [0.15, 0.2) is 97.1 Å². The number of carbonyl (C=O) groups excluding carboxylic acids is 3. The van der Waals surface area contributed by atoms with Crippen LogP contribution in [-0.2, 0) is 25.5 Å². The number of hydrogen-bond acceptors (Lipinski definition) is 6. The molecule has 0 bridgehead atoms. The molecule has 0 N–H and O–H groups in total. The molecule has 0 amide bonds. The molecule has 0 spiro atoms. The minimum atomic E-state index is -0.674. The van der Waals surface area contributed by atoms with Crippen LogP contribution >= 0.6 is 0 Å². The van der Waals surface area contributed by atoms with E-state index in [2.05, 4.69) is 13.2 Å². The number of esters is 3. The molecule has 6 nitrogen and oxygen atoms in total. The molecule has 0 aliphatic carbocycles. The lowest BCUT2D eigenvalue weighted by molar-refractivity contribution is -0.139. The van der Waals surface area contributed by atoms with Crippen molar-refractivity contribution in [2.24, 2.45) is 0 Å². The molecule has 0 saturated carbocycles. The van der Waals surface area contributed by atoms with Crippen LogP contribution in [0.1, 0.15) is 25.0 Å². The summed E-state index contributed by atoms with van der Waals surface area (Å²) in [5, 5.41) is 0. The zero-order chi connectivity index (χ0) is 27.7. The molecule has 0 heterocycles. The molecule has 0 radical (unpaired) electrons. The SMILES string of the molecule is C=C(C)C(=O)OCCc1ccc(-c2ccc(OC(=O)/C=C/c3ccc(OC(=O)C(=C)C)cc3F)cc2)cc1. The van der Waals surface area contributed by atoms with Gasteiger partial charge in [0, 0.05) is 35.3 Å². The van der Waals surface area contributed by atoms with Crippen molar-refractivity contribution in [1.82, 2.24) is 0 Å². The van der Waals surface area contributed by atoms with Crippen molar-refractivity contribution >= 4 is 24.0 Å². The van der Waals surface area contributed by atoms with Crippen LogP contribution in [0, 0.1) is 5.82 Å². The largest absolute Gasteiger partial charge is 0.462 e. The Labute approximate surface area is 220 Å². The van der Waals surface area contributed by atoms with Gasteiger partial charge in [-0.1, -0.05) is 49.6 Å². The summed E-state index contributed by atoms with van der Waals surface area (Å²) >= 11 is 0. The monoisotopic (exact) mass is 514 g/mol. The number of benzene rings is 3. The second-order valence-corrected chi connectivity index (χ2v) is 8.50. The van der Waals surface area contributed by atoms with Crippen LogP contribution in [0.3, 0.4) is 0 Å². The Bertz CT molecular complexity index is 1380. The van der Waals surface area contributed by atoms with Crippen molar-refractivity contribution in [3.05, 3.63) is 114 Å². The van der Waals surface area contributed by atoms with Gasteiger partial charge < -0.3 is 14.2 Å². The lowest BCUT2D eigenvalue weighted by atomic mass is 10.0. The fourth-order valence-corrected chi connectivity index (χ4v) is 3.17. The second kappa shape index (κ2) is 13.0. The standard InChI is InChI=1S/C31H27FO6/c1-20(2)30(34)36-18-17-22-5-7-23(8-6-22)24-9-13-26(14-10-24)37-29(33)16-12-25-11-15-27(19-28(25)32)38-31(35)21(3)4/h5-16,19H,1,3,17-18H2,2,4H3/b16-12+. The van der Waals surface area contributed by atoms with E-state index >= 15 is 0 Å². The van der Waals surface area contributed by atoms with Gasteiger partial charge in [-0.2, -0.15) is 0 Å². The van der Waals surface area contributed by atoms with Gasteiger partial charge in [0.15, 0.2) is 0 Å². The number of rotatable bonds is 10. The number of ether oxygens (including phenoxy) is 3. The molecule has 0 atom stereocenters. The van der Waals surface area contributed by atoms with E-state index in [-0.39, 0.29) is 23.5 Å². The smallest absolute Gasteiger partial charge is 0.338 e. The van der Waals surface area contributed by atoms with Crippen LogP contribution in [0.5, 0.6) is 11.5 Å². The Balaban J connectivity index is 1.54. The van der Waals surface area contributed by atoms with Gasteiger partial charge in [0.2, 0.25) is 0 Å². The maximum Gasteiger partial charge on any atom is 0.338 e. The molecule has 0 fully saturated rings. The summed E-state index contributed by atoms with van der Waals surface area (Å²) in [7, 11) is 0. The number of hydrogen-bond donors (Lipinski definition) is 0. The predicted molar refractivity (Wildman–Crippen MR) is 143 cm³/mol. The first-order valence-corrected chi connectivity index (χ1v) is 11.7. The molecule has 0 saturated heterocycles. The molecule has 0 unspecified atom stereocenters. The minimum Gasteiger partial charge on any atom is -0.462 e. The predicted octanol–water partition coefficient (Wildman–Crippen LogP) is 6.25. The Morgan fingerprint density at radius 1 is 0.789 bits per heavy atom. The molecule has 0 aliphatic rings. The Morgan fingerprint density at radius 3 is 1.95 bits per heavy atom.